The second-order valence-corrected chi connectivity index (χ2v) is 10.5. The molecule has 0 amide bonds. The van der Waals surface area contributed by atoms with E-state index in [4.69, 9.17) is 18.6 Å². The Morgan fingerprint density at radius 2 is 0.703 bits per heavy atom. The van der Waals surface area contributed by atoms with E-state index < -0.39 is 30.4 Å². The normalized spacial score (nSPS) is 17.8. The molecule has 0 N–H and O–H groups in total. The Labute approximate surface area is 220 Å². The van der Waals surface area contributed by atoms with E-state index in [9.17, 15) is 0 Å². The summed E-state index contributed by atoms with van der Waals surface area (Å²) in [6, 6.07) is 40.5. The van der Waals surface area contributed by atoms with Gasteiger partial charge < -0.3 is 18.6 Å². The quantitative estimate of drug-likeness (QED) is 0.237. The topological polar surface area (TPSA) is 36.9 Å². The molecule has 5 rings (SSSR count). The van der Waals surface area contributed by atoms with Gasteiger partial charge in [0.1, 0.15) is 0 Å². The van der Waals surface area contributed by atoms with E-state index >= 15 is 0 Å². The summed E-state index contributed by atoms with van der Waals surface area (Å²) in [7, 11) is 0. The van der Waals surface area contributed by atoms with Crippen LogP contribution in [-0.4, -0.2) is 18.2 Å². The Morgan fingerprint density at radius 1 is 0.459 bits per heavy atom. The maximum Gasteiger partial charge on any atom is 0.533 e. The monoisotopic (exact) mass is 493 g/mol. The molecule has 1 aliphatic rings. The summed E-state index contributed by atoms with van der Waals surface area (Å²) in [6.07, 6.45) is -0.918. The predicted molar refractivity (Wildman–Crippen MR) is 148 cm³/mol. The van der Waals surface area contributed by atoms with Crippen LogP contribution in [0.5, 0.6) is 0 Å². The first-order valence-electron chi connectivity index (χ1n) is 12.9. The highest BCUT2D eigenvalue weighted by atomic mass is 16.9. The van der Waals surface area contributed by atoms with Crippen LogP contribution in [0.25, 0.3) is 0 Å². The van der Waals surface area contributed by atoms with Crippen molar-refractivity contribution >= 4 is 6.96 Å². The average molecular weight is 493 g/mol. The minimum atomic E-state index is -2.67. The highest BCUT2D eigenvalue weighted by Crippen LogP contribution is 2.47. The van der Waals surface area contributed by atoms with Crippen molar-refractivity contribution < 1.29 is 18.6 Å². The lowest BCUT2D eigenvalue weighted by molar-refractivity contribution is -0.0347. The zero-order valence-electron chi connectivity index (χ0n) is 21.9. The van der Waals surface area contributed by atoms with E-state index in [1.165, 1.54) is 0 Å². The zero-order chi connectivity index (χ0) is 25.9. The Kier molecular flexibility index (Phi) is 7.06. The van der Waals surface area contributed by atoms with Gasteiger partial charge in [-0.1, -0.05) is 121 Å². The van der Waals surface area contributed by atoms with Gasteiger partial charge in [-0.05, 0) is 49.9 Å². The van der Waals surface area contributed by atoms with Gasteiger partial charge in [0.2, 0.25) is 0 Å². The molecule has 0 radical (unpaired) electrons. The van der Waals surface area contributed by atoms with Crippen molar-refractivity contribution in [2.24, 2.45) is 0 Å². The third-order valence-corrected chi connectivity index (χ3v) is 7.34. The summed E-state index contributed by atoms with van der Waals surface area (Å²) < 4.78 is 27.2. The van der Waals surface area contributed by atoms with Crippen LogP contribution < -0.4 is 0 Å². The highest BCUT2D eigenvalue weighted by Gasteiger charge is 2.56. The lowest BCUT2D eigenvalue weighted by Gasteiger charge is -2.43. The molecular formula is C32H34BO4-. The molecule has 1 fully saturated rings. The molecule has 0 bridgehead atoms. The van der Waals surface area contributed by atoms with Crippen LogP contribution >= 0.6 is 0 Å². The summed E-state index contributed by atoms with van der Waals surface area (Å²) in [6.45, 7) is 5.40. The standard InChI is InChI=1S/C32H34BO4/c1-31(2)32(3,4)37-33(36-31,34-29(25-17-9-5-10-18-25)26-19-11-6-12-20-26)35-30(27-21-13-7-14-22-27)28-23-15-8-16-24-28/h5-24,29-30H,1-4H3/q-1. The van der Waals surface area contributed by atoms with Crippen LogP contribution in [0.1, 0.15) is 62.2 Å². The molecule has 0 aliphatic carbocycles. The minimum Gasteiger partial charge on any atom is -0.512 e. The first-order chi connectivity index (χ1) is 17.8. The van der Waals surface area contributed by atoms with Crippen LogP contribution in [0.3, 0.4) is 0 Å². The van der Waals surface area contributed by atoms with Gasteiger partial charge in [0.05, 0.1) is 12.2 Å². The fourth-order valence-electron chi connectivity index (χ4n) is 4.72. The third kappa shape index (κ3) is 5.41. The highest BCUT2D eigenvalue weighted by molar-refractivity contribution is 6.54. The summed E-state index contributed by atoms with van der Waals surface area (Å²) in [5.74, 6) is 0. The van der Waals surface area contributed by atoms with Gasteiger partial charge in [-0.3, -0.25) is 0 Å². The van der Waals surface area contributed by atoms with E-state index in [-0.39, 0.29) is 0 Å². The van der Waals surface area contributed by atoms with Crippen molar-refractivity contribution in [3.8, 4) is 0 Å². The second kappa shape index (κ2) is 10.3. The van der Waals surface area contributed by atoms with Gasteiger partial charge in [-0.2, -0.15) is 0 Å². The Bertz CT molecular complexity index is 1100. The van der Waals surface area contributed by atoms with Crippen molar-refractivity contribution in [3.05, 3.63) is 144 Å². The smallest absolute Gasteiger partial charge is 0.512 e. The number of rotatable bonds is 8. The number of benzene rings is 4. The summed E-state index contributed by atoms with van der Waals surface area (Å²) in [5.41, 5.74) is 2.63. The fraction of sp³-hybridized carbons (Fsp3) is 0.250. The third-order valence-electron chi connectivity index (χ3n) is 7.34. The predicted octanol–water partition coefficient (Wildman–Crippen LogP) is 7.64. The molecule has 4 aromatic rings. The van der Waals surface area contributed by atoms with E-state index in [0.29, 0.717) is 0 Å². The van der Waals surface area contributed by atoms with Crippen LogP contribution in [0.15, 0.2) is 121 Å². The maximum atomic E-state index is 6.91. The summed E-state index contributed by atoms with van der Waals surface area (Å²) in [4.78, 5) is 0. The van der Waals surface area contributed by atoms with Gasteiger partial charge in [0.15, 0.2) is 0 Å². The minimum absolute atomic E-state index is 0.459. The van der Waals surface area contributed by atoms with Crippen LogP contribution in [0, 0.1) is 0 Å². The van der Waals surface area contributed by atoms with Gasteiger partial charge in [0, 0.05) is 11.2 Å². The van der Waals surface area contributed by atoms with Crippen molar-refractivity contribution in [2.75, 3.05) is 0 Å². The summed E-state index contributed by atoms with van der Waals surface area (Å²) >= 11 is 0. The average Bonchev–Trinajstić information content (AvgIpc) is 3.10. The Hall–Kier alpha value is -3.22. The molecule has 1 aliphatic heterocycles. The number of hydrogen-bond acceptors (Lipinski definition) is 4. The van der Waals surface area contributed by atoms with Crippen LogP contribution in [0.4, 0.5) is 0 Å². The molecule has 5 heteroatoms. The molecule has 37 heavy (non-hydrogen) atoms. The molecule has 4 nitrogen and oxygen atoms in total. The van der Waals surface area contributed by atoms with Crippen molar-refractivity contribution in [1.29, 1.82) is 0 Å². The van der Waals surface area contributed by atoms with Crippen molar-refractivity contribution in [3.63, 3.8) is 0 Å². The SMILES string of the molecule is CC1(C)O[B-](OC(c2ccccc2)c2ccccc2)(OC(c2ccccc2)c2ccccc2)OC1(C)C. The van der Waals surface area contributed by atoms with E-state index in [1.807, 2.05) is 100 Å². The fourth-order valence-corrected chi connectivity index (χ4v) is 4.72. The largest absolute Gasteiger partial charge is 0.533 e. The van der Waals surface area contributed by atoms with Gasteiger partial charge in [0.25, 0.3) is 0 Å². The molecule has 0 spiro atoms. The Morgan fingerprint density at radius 3 is 0.946 bits per heavy atom. The lowest BCUT2D eigenvalue weighted by Crippen LogP contribution is -2.48. The first-order valence-corrected chi connectivity index (χ1v) is 12.9. The van der Waals surface area contributed by atoms with Gasteiger partial charge in [-0.15, -0.1) is 0 Å². The van der Waals surface area contributed by atoms with Crippen LogP contribution in [0.2, 0.25) is 0 Å². The van der Waals surface area contributed by atoms with Gasteiger partial charge >= 0.3 is 6.96 Å². The molecule has 1 heterocycles. The summed E-state index contributed by atoms with van der Waals surface area (Å²) in [5, 5.41) is 0. The molecule has 0 aromatic heterocycles. The zero-order valence-corrected chi connectivity index (χ0v) is 21.9. The first kappa shape index (κ1) is 25.4. The van der Waals surface area contributed by atoms with E-state index in [2.05, 4.69) is 48.5 Å². The molecule has 0 atom stereocenters. The molecule has 4 aromatic carbocycles. The molecule has 0 unspecified atom stereocenters. The van der Waals surface area contributed by atoms with Crippen molar-refractivity contribution in [1.82, 2.24) is 0 Å². The maximum absolute atomic E-state index is 6.91. The van der Waals surface area contributed by atoms with E-state index in [1.54, 1.807) is 0 Å². The lowest BCUT2D eigenvalue weighted by atomic mass is 9.90. The second-order valence-electron chi connectivity index (χ2n) is 10.5. The van der Waals surface area contributed by atoms with E-state index in [0.717, 1.165) is 22.3 Å². The Balaban J connectivity index is 1.61. The van der Waals surface area contributed by atoms with Crippen molar-refractivity contribution in [2.45, 2.75) is 51.1 Å². The van der Waals surface area contributed by atoms with Crippen LogP contribution in [-0.2, 0) is 18.6 Å². The van der Waals surface area contributed by atoms with Gasteiger partial charge in [-0.25, -0.2) is 0 Å². The number of hydrogen-bond donors (Lipinski definition) is 0. The molecule has 1 saturated heterocycles. The molecular weight excluding hydrogens is 459 g/mol. The molecule has 0 saturated carbocycles. The molecule has 190 valence electrons.